The first-order chi connectivity index (χ1) is 33.6. The Morgan fingerprint density at radius 2 is 1.37 bits per heavy atom. The number of aryl methyl sites for hydroxylation is 1. The number of carboxylic acid groups (broad SMARTS) is 1. The number of rotatable bonds is 10. The van der Waals surface area contributed by atoms with E-state index < -0.39 is 14.0 Å². The molecule has 0 aliphatic rings. The van der Waals surface area contributed by atoms with Gasteiger partial charge in [0.1, 0.15) is 5.58 Å². The molecule has 7 aromatic carbocycles. The molecule has 0 saturated heterocycles. The number of fused-ring (bicyclic) bond motifs is 4. The molecule has 0 saturated carbocycles. The molecule has 0 amide bonds. The van der Waals surface area contributed by atoms with E-state index in [2.05, 4.69) is 168 Å². The summed E-state index contributed by atoms with van der Waals surface area (Å²) in [5.41, 5.74) is 14.3. The van der Waals surface area contributed by atoms with Crippen molar-refractivity contribution in [2.75, 3.05) is 4.90 Å². The smallest absolute Gasteiger partial charge is 0.520 e. The van der Waals surface area contributed by atoms with Gasteiger partial charge in [0.05, 0.1) is 13.6 Å². The Balaban J connectivity index is 0.000000285. The number of aromatic nitrogens is 2. The summed E-state index contributed by atoms with van der Waals surface area (Å²) in [5.74, 6) is -0.608. The van der Waals surface area contributed by atoms with Crippen LogP contribution in [0.5, 0.6) is 0 Å². The van der Waals surface area contributed by atoms with Gasteiger partial charge in [-0.3, -0.25) is 9.78 Å². The van der Waals surface area contributed by atoms with Gasteiger partial charge in [0.15, 0.2) is 0 Å². The predicted octanol–water partition coefficient (Wildman–Crippen LogP) is 15.8. The Labute approximate surface area is 431 Å². The molecule has 354 valence electrons. The molecule has 10 aromatic rings. The summed E-state index contributed by atoms with van der Waals surface area (Å²) in [6.07, 6.45) is 3.77. The number of benzene rings is 7. The van der Waals surface area contributed by atoms with Gasteiger partial charge in [-0.05, 0) is 98.2 Å². The molecule has 7 nitrogen and oxygen atoms in total. The van der Waals surface area contributed by atoms with Crippen LogP contribution < -0.4 is 10.1 Å². The molecule has 0 fully saturated rings. The van der Waals surface area contributed by atoms with Crippen molar-refractivity contribution < 1.29 is 34.4 Å². The minimum atomic E-state index is -1.33. The summed E-state index contributed by atoms with van der Waals surface area (Å²) in [6, 6.07) is 59.2. The molecule has 71 heavy (non-hydrogen) atoms. The summed E-state index contributed by atoms with van der Waals surface area (Å²) in [4.78, 5) is 22.0. The second kappa shape index (κ2) is 21.0. The molecule has 3 aromatic heterocycles. The second-order valence-corrected chi connectivity index (χ2v) is 24.6. The first-order valence-corrected chi connectivity index (χ1v) is 27.2. The molecular formula is C62H55IrN4O3Si. The Morgan fingerprint density at radius 3 is 2.00 bits per heavy atom. The maximum Gasteiger partial charge on any atom is 3.00 e. The maximum absolute atomic E-state index is 12.8. The second-order valence-electron chi connectivity index (χ2n) is 19.5. The van der Waals surface area contributed by atoms with Crippen molar-refractivity contribution in [3.63, 3.8) is 0 Å². The average molecular weight is 1120 g/mol. The van der Waals surface area contributed by atoms with Gasteiger partial charge in [-0.2, -0.15) is 0 Å². The minimum absolute atomic E-state index is 0. The molecule has 10 rings (SSSR count). The van der Waals surface area contributed by atoms with E-state index in [9.17, 15) is 10.2 Å². The Bertz CT molecular complexity index is 3500. The van der Waals surface area contributed by atoms with Gasteiger partial charge in [-0.15, -0.1) is 59.4 Å². The normalized spacial score (nSPS) is 11.4. The molecule has 0 radical (unpaired) electrons. The molecule has 0 atom stereocenters. The topological polar surface area (TPSA) is 102 Å². The fraction of sp³-hybridized carbons (Fsp3) is 0.161. The summed E-state index contributed by atoms with van der Waals surface area (Å²) < 4.78 is 6.66. The number of anilines is 2. The summed E-state index contributed by atoms with van der Waals surface area (Å²) in [5, 5.41) is 25.8. The number of pyridine rings is 2. The number of para-hydroxylation sites is 1. The van der Waals surface area contributed by atoms with E-state index in [1.165, 1.54) is 16.8 Å². The van der Waals surface area contributed by atoms with Gasteiger partial charge in [-0.1, -0.05) is 167 Å². The quantitative estimate of drug-likeness (QED) is 0.0633. The zero-order valence-electron chi connectivity index (χ0n) is 41.2. The molecular weight excluding hydrogens is 1070 g/mol. The molecule has 0 unspecified atom stereocenters. The van der Waals surface area contributed by atoms with E-state index in [-0.39, 0.29) is 43.3 Å². The van der Waals surface area contributed by atoms with Crippen LogP contribution in [-0.4, -0.2) is 35.0 Å². The van der Waals surface area contributed by atoms with Crippen LogP contribution in [-0.2, 0) is 20.1 Å². The van der Waals surface area contributed by atoms with Crippen molar-refractivity contribution in [3.8, 4) is 33.5 Å². The first kappa shape index (κ1) is 50.1. The molecule has 1 N–H and O–H groups in total. The van der Waals surface area contributed by atoms with Crippen LogP contribution in [0, 0.1) is 19.1 Å². The SMILES string of the molecule is C[Si](C)(C)c1ccc(-c2[c-]cc(C(=O)O)cc2)nc1.Cc1ccc(-c2ccc3c(c2)oc2c(C(=[N-])N(c4cnc5ccccc5c4)c4c(C(C)C)cc(-c5ccccc5)cc4C(C)C)[c-]ccc23)cc1.[Ir+3]. The van der Waals surface area contributed by atoms with Gasteiger partial charge in [0, 0.05) is 28.7 Å². The van der Waals surface area contributed by atoms with Crippen LogP contribution in [0.25, 0.3) is 71.8 Å². The monoisotopic (exact) mass is 1120 g/mol. The largest absolute Gasteiger partial charge is 3.00 e. The molecule has 0 aliphatic heterocycles. The number of nitrogens with zero attached hydrogens (tertiary/aromatic N) is 4. The van der Waals surface area contributed by atoms with Crippen LogP contribution in [0.15, 0.2) is 175 Å². The van der Waals surface area contributed by atoms with Crippen molar-refractivity contribution in [3.05, 3.63) is 215 Å². The van der Waals surface area contributed by atoms with Crippen molar-refractivity contribution in [1.29, 1.82) is 0 Å². The number of hydrogen-bond donors (Lipinski definition) is 1. The van der Waals surface area contributed by atoms with Gasteiger partial charge >= 0.3 is 20.1 Å². The van der Waals surface area contributed by atoms with E-state index >= 15 is 0 Å². The number of furan rings is 1. The zero-order chi connectivity index (χ0) is 49.3. The van der Waals surface area contributed by atoms with Crippen LogP contribution in [0.4, 0.5) is 11.4 Å². The third-order valence-corrected chi connectivity index (χ3v) is 14.8. The van der Waals surface area contributed by atoms with Crippen molar-refractivity contribution in [2.24, 2.45) is 0 Å². The molecule has 0 bridgehead atoms. The molecule has 0 spiro atoms. The van der Waals surface area contributed by atoms with Gasteiger partial charge in [-0.25, -0.2) is 0 Å². The fourth-order valence-corrected chi connectivity index (χ4v) is 9.85. The Kier molecular flexibility index (Phi) is 14.8. The number of carboxylic acids is 1. The summed E-state index contributed by atoms with van der Waals surface area (Å²) >= 11 is 0. The van der Waals surface area contributed by atoms with Crippen LogP contribution in [0.3, 0.4) is 0 Å². The first-order valence-electron chi connectivity index (χ1n) is 23.7. The van der Waals surface area contributed by atoms with Crippen molar-refractivity contribution in [1.82, 2.24) is 9.97 Å². The fourth-order valence-electron chi connectivity index (χ4n) is 8.81. The number of carbonyl (C=O) groups is 1. The van der Waals surface area contributed by atoms with E-state index in [1.807, 2.05) is 59.8 Å². The van der Waals surface area contributed by atoms with Gasteiger partial charge in [0.2, 0.25) is 0 Å². The van der Waals surface area contributed by atoms with Crippen LogP contribution in [0.2, 0.25) is 19.6 Å². The van der Waals surface area contributed by atoms with Crippen LogP contribution >= 0.6 is 0 Å². The minimum Gasteiger partial charge on any atom is -0.520 e. The van der Waals surface area contributed by atoms with Crippen molar-refractivity contribution >= 4 is 69.3 Å². The summed E-state index contributed by atoms with van der Waals surface area (Å²) in [6.45, 7) is 17.8. The van der Waals surface area contributed by atoms with E-state index in [0.717, 1.165) is 83.3 Å². The number of hydrogen-bond acceptors (Lipinski definition) is 4. The van der Waals surface area contributed by atoms with Crippen molar-refractivity contribution in [2.45, 2.75) is 66.1 Å². The van der Waals surface area contributed by atoms with E-state index in [4.69, 9.17) is 14.5 Å². The zero-order valence-corrected chi connectivity index (χ0v) is 44.6. The van der Waals surface area contributed by atoms with Gasteiger partial charge in [0.25, 0.3) is 5.97 Å². The van der Waals surface area contributed by atoms with E-state index in [1.54, 1.807) is 12.1 Å². The molecule has 0 aliphatic carbocycles. The third-order valence-electron chi connectivity index (χ3n) is 12.8. The maximum atomic E-state index is 12.8. The standard InChI is InChI=1S/C47H39N3O.C15H16NO2Si.Ir/c1-29(2)41-25-36(32-12-7-6-8-13-32)26-42(30(3)4)45(41)50(37-24-35-14-9-10-17-43(35)49-28-37)47(48)40-16-11-15-39-38-23-22-34(27-44(38)51-46(39)40)33-20-18-31(5)19-21-33;1-19(2,3)13-8-9-14(16-10-13)11-4-6-12(7-5-11)15(17)18;/h6-15,17-30H,1-5H3;4,6-10H,1-3H3,(H,17,18);/q-2;-1;+3. The summed E-state index contributed by atoms with van der Waals surface area (Å²) in [7, 11) is -1.33. The Morgan fingerprint density at radius 1 is 0.690 bits per heavy atom. The number of aromatic carboxylic acids is 1. The van der Waals surface area contributed by atoms with Gasteiger partial charge < -0.3 is 24.8 Å². The molecule has 3 heterocycles. The van der Waals surface area contributed by atoms with Crippen LogP contribution in [0.1, 0.15) is 72.1 Å². The molecule has 9 heteroatoms. The predicted molar refractivity (Wildman–Crippen MR) is 293 cm³/mol. The Hall–Kier alpha value is -7.29. The third kappa shape index (κ3) is 10.6. The number of amidine groups is 1. The average Bonchev–Trinajstić information content (AvgIpc) is 3.75. The van der Waals surface area contributed by atoms with E-state index in [0.29, 0.717) is 11.1 Å².